The lowest BCUT2D eigenvalue weighted by molar-refractivity contribution is -0.139. The highest BCUT2D eigenvalue weighted by atomic mass is 35.5. The summed E-state index contributed by atoms with van der Waals surface area (Å²) >= 11 is 12.3. The first-order chi connectivity index (χ1) is 12.7. The Bertz CT molecular complexity index is 1000. The smallest absolute Gasteiger partial charge is 0.337 e. The highest BCUT2D eigenvalue weighted by Crippen LogP contribution is 2.42. The number of hydrogen-bond donors (Lipinski definition) is 1. The number of alkyl halides is 3. The predicted molar refractivity (Wildman–Crippen MR) is 98.2 cm³/mol. The number of aliphatic imine (C=N–C) groups is 2. The van der Waals surface area contributed by atoms with Crippen LogP contribution in [0, 0.1) is 5.82 Å². The molecule has 2 heterocycles. The maximum atomic E-state index is 13.8. The molecule has 10 heteroatoms. The van der Waals surface area contributed by atoms with E-state index in [1.165, 1.54) is 0 Å². The molecule has 2 aliphatic heterocycles. The number of benzene rings is 2. The lowest BCUT2D eigenvalue weighted by Crippen LogP contribution is -2.39. The Morgan fingerprint density at radius 1 is 1.11 bits per heavy atom. The van der Waals surface area contributed by atoms with E-state index in [-0.39, 0.29) is 11.5 Å². The first-order valence-corrected chi connectivity index (χ1v) is 8.53. The zero-order valence-electron chi connectivity index (χ0n) is 13.4. The number of halogens is 6. The third-order valence-electron chi connectivity index (χ3n) is 4.10. The molecule has 0 radical (unpaired) electrons. The Morgan fingerprint density at radius 2 is 1.89 bits per heavy atom. The Labute approximate surface area is 161 Å². The Morgan fingerprint density at radius 3 is 2.59 bits per heavy atom. The van der Waals surface area contributed by atoms with E-state index in [1.807, 2.05) is 4.90 Å². The fourth-order valence-electron chi connectivity index (χ4n) is 2.99. The van der Waals surface area contributed by atoms with E-state index < -0.39 is 17.6 Å². The third kappa shape index (κ3) is 3.23. The maximum absolute atomic E-state index is 13.8. The van der Waals surface area contributed by atoms with Gasteiger partial charge in [0.25, 0.3) is 0 Å². The summed E-state index contributed by atoms with van der Waals surface area (Å²) in [6.45, 7) is 1.06. The van der Waals surface area contributed by atoms with Crippen LogP contribution in [0.4, 0.5) is 34.6 Å². The standard InChI is InChI=1S/C17H10Cl2F4N4/c18-8-5-11(19)14-13(6-8)26-15(16-24-3-4-27(14)16)25-9-1-2-10(12(20)7-9)17(21,22)23/h1-2,5-7H,3-4H2,(H,25,26). The van der Waals surface area contributed by atoms with Gasteiger partial charge in [-0.15, -0.1) is 0 Å². The molecular formula is C17H10Cl2F4N4. The van der Waals surface area contributed by atoms with Crippen LogP contribution < -0.4 is 10.2 Å². The molecule has 0 unspecified atom stereocenters. The summed E-state index contributed by atoms with van der Waals surface area (Å²) in [5.74, 6) is -0.620. The number of anilines is 2. The van der Waals surface area contributed by atoms with E-state index in [0.29, 0.717) is 46.4 Å². The number of rotatable bonds is 1. The van der Waals surface area contributed by atoms with Crippen molar-refractivity contribution in [3.05, 3.63) is 51.8 Å². The molecule has 2 aliphatic rings. The van der Waals surface area contributed by atoms with Crippen molar-refractivity contribution in [3.8, 4) is 0 Å². The first kappa shape index (κ1) is 18.1. The van der Waals surface area contributed by atoms with Gasteiger partial charge >= 0.3 is 6.18 Å². The van der Waals surface area contributed by atoms with Gasteiger partial charge in [-0.3, -0.25) is 4.99 Å². The van der Waals surface area contributed by atoms with Gasteiger partial charge in [0.2, 0.25) is 0 Å². The molecule has 0 saturated heterocycles. The molecule has 0 bridgehead atoms. The average Bonchev–Trinajstić information content (AvgIpc) is 3.02. The molecule has 4 nitrogen and oxygen atoms in total. The molecule has 0 atom stereocenters. The minimum atomic E-state index is -4.76. The molecule has 0 aromatic heterocycles. The van der Waals surface area contributed by atoms with E-state index >= 15 is 0 Å². The number of amidine groups is 2. The largest absolute Gasteiger partial charge is 0.419 e. The van der Waals surface area contributed by atoms with Crippen molar-refractivity contribution in [2.45, 2.75) is 6.18 Å². The van der Waals surface area contributed by atoms with Crippen molar-refractivity contribution in [1.82, 2.24) is 0 Å². The lowest BCUT2D eigenvalue weighted by atomic mass is 10.1. The normalized spacial score (nSPS) is 15.9. The Balaban J connectivity index is 1.73. The van der Waals surface area contributed by atoms with E-state index in [2.05, 4.69) is 15.3 Å². The van der Waals surface area contributed by atoms with Gasteiger partial charge in [0.15, 0.2) is 11.7 Å². The molecular weight excluding hydrogens is 407 g/mol. The second kappa shape index (κ2) is 6.38. The van der Waals surface area contributed by atoms with Crippen LogP contribution in [0.5, 0.6) is 0 Å². The van der Waals surface area contributed by atoms with Crippen LogP contribution in [0.3, 0.4) is 0 Å². The SMILES string of the molecule is Fc1cc(NC2=Nc3cc(Cl)cc(Cl)c3N3CCN=C23)ccc1C(F)(F)F. The molecule has 2 aromatic carbocycles. The van der Waals surface area contributed by atoms with Gasteiger partial charge in [-0.05, 0) is 30.3 Å². The van der Waals surface area contributed by atoms with Crippen molar-refractivity contribution in [2.75, 3.05) is 23.3 Å². The highest BCUT2D eigenvalue weighted by molar-refractivity contribution is 6.52. The van der Waals surface area contributed by atoms with Gasteiger partial charge in [-0.25, -0.2) is 9.38 Å². The fraction of sp³-hybridized carbons (Fsp3) is 0.176. The maximum Gasteiger partial charge on any atom is 0.419 e. The summed E-state index contributed by atoms with van der Waals surface area (Å²) in [6, 6.07) is 5.79. The van der Waals surface area contributed by atoms with Crippen LogP contribution in [0.25, 0.3) is 0 Å². The predicted octanol–water partition coefficient (Wildman–Crippen LogP) is 5.53. The number of nitrogens with one attached hydrogen (secondary N) is 1. The molecule has 0 saturated carbocycles. The molecule has 0 aliphatic carbocycles. The van der Waals surface area contributed by atoms with Crippen LogP contribution in [0.2, 0.25) is 10.0 Å². The fourth-order valence-corrected chi connectivity index (χ4v) is 3.57. The topological polar surface area (TPSA) is 40.0 Å². The summed E-state index contributed by atoms with van der Waals surface area (Å²) in [5, 5.41) is 3.64. The number of hydrogen-bond acceptors (Lipinski definition) is 4. The molecule has 2 aromatic rings. The van der Waals surface area contributed by atoms with Crippen molar-refractivity contribution >= 4 is 51.9 Å². The van der Waals surface area contributed by atoms with E-state index in [9.17, 15) is 17.6 Å². The summed E-state index contributed by atoms with van der Waals surface area (Å²) in [6.07, 6.45) is -4.76. The Kier molecular flexibility index (Phi) is 4.27. The second-order valence-corrected chi connectivity index (χ2v) is 6.73. The van der Waals surface area contributed by atoms with E-state index in [0.717, 1.165) is 12.1 Å². The van der Waals surface area contributed by atoms with Crippen LogP contribution in [0.15, 0.2) is 40.3 Å². The van der Waals surface area contributed by atoms with Gasteiger partial charge in [0.05, 0.1) is 28.5 Å². The molecule has 140 valence electrons. The third-order valence-corrected chi connectivity index (χ3v) is 4.61. The molecule has 0 spiro atoms. The monoisotopic (exact) mass is 416 g/mol. The minimum absolute atomic E-state index is 0.116. The second-order valence-electron chi connectivity index (χ2n) is 5.89. The minimum Gasteiger partial charge on any atom is -0.337 e. The van der Waals surface area contributed by atoms with Crippen molar-refractivity contribution in [3.63, 3.8) is 0 Å². The van der Waals surface area contributed by atoms with Gasteiger partial charge in [-0.1, -0.05) is 23.2 Å². The van der Waals surface area contributed by atoms with Gasteiger partial charge < -0.3 is 10.2 Å². The Hall–Kier alpha value is -2.32. The molecule has 27 heavy (non-hydrogen) atoms. The zero-order chi connectivity index (χ0) is 19.3. The summed E-state index contributed by atoms with van der Waals surface area (Å²) in [7, 11) is 0. The molecule has 0 amide bonds. The quantitative estimate of drug-likeness (QED) is 0.621. The van der Waals surface area contributed by atoms with Crippen molar-refractivity contribution in [2.24, 2.45) is 9.98 Å². The van der Waals surface area contributed by atoms with Gasteiger partial charge in [0.1, 0.15) is 5.82 Å². The zero-order valence-corrected chi connectivity index (χ0v) is 14.9. The lowest BCUT2D eigenvalue weighted by Gasteiger charge is -2.28. The van der Waals surface area contributed by atoms with E-state index in [1.54, 1.807) is 12.1 Å². The first-order valence-electron chi connectivity index (χ1n) is 7.78. The van der Waals surface area contributed by atoms with Gasteiger partial charge in [0, 0.05) is 17.3 Å². The van der Waals surface area contributed by atoms with Gasteiger partial charge in [-0.2, -0.15) is 13.2 Å². The van der Waals surface area contributed by atoms with Crippen molar-refractivity contribution in [1.29, 1.82) is 0 Å². The molecule has 1 N–H and O–H groups in total. The average molecular weight is 417 g/mol. The number of nitrogens with zero attached hydrogens (tertiary/aromatic N) is 3. The summed E-state index contributed by atoms with van der Waals surface area (Å²) < 4.78 is 52.0. The molecule has 0 fully saturated rings. The molecule has 4 rings (SSSR count). The van der Waals surface area contributed by atoms with Crippen molar-refractivity contribution < 1.29 is 17.6 Å². The van der Waals surface area contributed by atoms with Crippen LogP contribution in [-0.4, -0.2) is 24.8 Å². The van der Waals surface area contributed by atoms with Crippen LogP contribution >= 0.6 is 23.2 Å². The summed E-state index contributed by atoms with van der Waals surface area (Å²) in [5.41, 5.74) is -0.0718. The number of fused-ring (bicyclic) bond motifs is 3. The highest BCUT2D eigenvalue weighted by Gasteiger charge is 2.35. The van der Waals surface area contributed by atoms with Crippen LogP contribution in [0.1, 0.15) is 5.56 Å². The van der Waals surface area contributed by atoms with Crippen LogP contribution in [-0.2, 0) is 6.18 Å². The van der Waals surface area contributed by atoms with E-state index in [4.69, 9.17) is 23.2 Å². The summed E-state index contributed by atoms with van der Waals surface area (Å²) in [4.78, 5) is 10.6.